The molecule has 2 unspecified atom stereocenters. The number of nitrogens with zero attached hydrogens (tertiary/aromatic N) is 3. The van der Waals surface area contributed by atoms with Crippen LogP contribution in [0.4, 0.5) is 5.69 Å². The minimum Gasteiger partial charge on any atom is -0.394 e. The number of likely N-dealkylation sites (N-methyl/N-ethyl adjacent to an activating group) is 1. The van der Waals surface area contributed by atoms with E-state index in [9.17, 15) is 19.5 Å². The Balaban J connectivity index is 1.82. The summed E-state index contributed by atoms with van der Waals surface area (Å²) in [6.45, 7) is 13.5. The number of aryl methyl sites for hydroxylation is 2. The normalized spacial score (nSPS) is 29.1. The highest BCUT2D eigenvalue weighted by atomic mass is 16.5. The highest BCUT2D eigenvalue weighted by molar-refractivity contribution is 6.05. The van der Waals surface area contributed by atoms with Crippen molar-refractivity contribution in [3.63, 3.8) is 0 Å². The molecule has 8 heteroatoms. The lowest BCUT2D eigenvalue weighted by Crippen LogP contribution is -2.58. The Bertz CT molecular complexity index is 1070. The van der Waals surface area contributed by atoms with Crippen LogP contribution in [0.3, 0.4) is 0 Å². The summed E-state index contributed by atoms with van der Waals surface area (Å²) in [6.07, 6.45) is 3.98. The van der Waals surface area contributed by atoms with E-state index in [1.165, 1.54) is 4.90 Å². The molecule has 36 heavy (non-hydrogen) atoms. The quantitative estimate of drug-likeness (QED) is 0.531. The summed E-state index contributed by atoms with van der Waals surface area (Å²) in [5.74, 6) is -2.21. The predicted molar refractivity (Wildman–Crippen MR) is 137 cm³/mol. The molecule has 3 aliphatic rings. The Hall–Kier alpha value is -2.97. The molecule has 3 aliphatic heterocycles. The van der Waals surface area contributed by atoms with Crippen LogP contribution in [-0.2, 0) is 19.1 Å². The number of rotatable bonds is 9. The van der Waals surface area contributed by atoms with Gasteiger partial charge in [-0.1, -0.05) is 30.4 Å². The molecule has 0 aliphatic carbocycles. The molecule has 3 fully saturated rings. The molecule has 1 N–H and O–H groups in total. The number of hydrogen-bond acceptors (Lipinski definition) is 5. The second-order valence-corrected chi connectivity index (χ2v) is 10.3. The number of aliphatic hydroxyl groups is 1. The largest absolute Gasteiger partial charge is 0.394 e. The molecule has 8 nitrogen and oxygen atoms in total. The Morgan fingerprint density at radius 2 is 1.86 bits per heavy atom. The minimum atomic E-state index is -1.12. The van der Waals surface area contributed by atoms with Gasteiger partial charge in [-0.05, 0) is 44.7 Å². The predicted octanol–water partition coefficient (Wildman–Crippen LogP) is 2.22. The van der Waals surface area contributed by atoms with Crippen molar-refractivity contribution >= 4 is 23.4 Å². The average molecular weight is 496 g/mol. The molecule has 0 aromatic heterocycles. The van der Waals surface area contributed by atoms with Gasteiger partial charge in [0.05, 0.1) is 30.6 Å². The van der Waals surface area contributed by atoms with Crippen molar-refractivity contribution < 1.29 is 24.2 Å². The van der Waals surface area contributed by atoms with Crippen LogP contribution in [0.25, 0.3) is 0 Å². The van der Waals surface area contributed by atoms with Crippen molar-refractivity contribution in [3.05, 3.63) is 54.6 Å². The van der Waals surface area contributed by atoms with Crippen molar-refractivity contribution in [2.45, 2.75) is 57.4 Å². The number of para-hydroxylation sites is 1. The van der Waals surface area contributed by atoms with Gasteiger partial charge >= 0.3 is 0 Å². The van der Waals surface area contributed by atoms with Gasteiger partial charge in [-0.2, -0.15) is 0 Å². The lowest BCUT2D eigenvalue weighted by atomic mass is 9.70. The first-order chi connectivity index (χ1) is 17.1. The summed E-state index contributed by atoms with van der Waals surface area (Å²) in [5.41, 5.74) is 1.52. The van der Waals surface area contributed by atoms with E-state index >= 15 is 0 Å². The summed E-state index contributed by atoms with van der Waals surface area (Å²) < 4.78 is 6.51. The van der Waals surface area contributed by atoms with E-state index in [0.717, 1.165) is 16.8 Å². The van der Waals surface area contributed by atoms with Gasteiger partial charge in [0.25, 0.3) is 5.91 Å². The van der Waals surface area contributed by atoms with Gasteiger partial charge in [-0.25, -0.2) is 0 Å². The molecular weight excluding hydrogens is 458 g/mol. The van der Waals surface area contributed by atoms with Crippen molar-refractivity contribution in [1.82, 2.24) is 9.80 Å². The third-order valence-electron chi connectivity index (χ3n) is 8.06. The second kappa shape index (κ2) is 9.82. The standard InChI is InChI=1S/C28H37N3O5/c1-7-14-29(6)25(33)21-20-12-13-28(36-20)22(21)26(34)31(19(5)16-32)24(28)27(35)30(15-8-2)23-17(3)10-9-11-18(23)4/h7-11,19-22,24,32H,1-2,12-16H2,3-6H3/t19-,20-,21+,22+,24?,28?/m1/s1. The smallest absolute Gasteiger partial charge is 0.253 e. The fraction of sp³-hybridized carbons (Fsp3) is 0.536. The number of hydrogen-bond donors (Lipinski definition) is 1. The van der Waals surface area contributed by atoms with Crippen molar-refractivity contribution in [3.8, 4) is 0 Å². The van der Waals surface area contributed by atoms with Gasteiger partial charge in [-0.3, -0.25) is 14.4 Å². The third-order valence-corrected chi connectivity index (χ3v) is 8.06. The van der Waals surface area contributed by atoms with Gasteiger partial charge in [-0.15, -0.1) is 13.2 Å². The van der Waals surface area contributed by atoms with E-state index in [-0.39, 0.29) is 30.9 Å². The maximum absolute atomic E-state index is 14.5. The zero-order valence-electron chi connectivity index (χ0n) is 21.6. The maximum Gasteiger partial charge on any atom is 0.253 e. The average Bonchev–Trinajstić information content (AvgIpc) is 3.49. The Morgan fingerprint density at radius 3 is 2.44 bits per heavy atom. The molecular formula is C28H37N3O5. The van der Waals surface area contributed by atoms with Gasteiger partial charge in [0.1, 0.15) is 11.6 Å². The van der Waals surface area contributed by atoms with Crippen molar-refractivity contribution in [2.24, 2.45) is 11.8 Å². The van der Waals surface area contributed by atoms with Gasteiger partial charge in [0.15, 0.2) is 0 Å². The van der Waals surface area contributed by atoms with Crippen LogP contribution >= 0.6 is 0 Å². The topological polar surface area (TPSA) is 90.4 Å². The highest BCUT2D eigenvalue weighted by Gasteiger charge is 2.75. The van der Waals surface area contributed by atoms with Crippen LogP contribution in [0.15, 0.2) is 43.5 Å². The van der Waals surface area contributed by atoms with E-state index in [4.69, 9.17) is 4.74 Å². The van der Waals surface area contributed by atoms with Crippen LogP contribution in [0.2, 0.25) is 0 Å². The summed E-state index contributed by atoms with van der Waals surface area (Å²) in [7, 11) is 1.69. The molecule has 3 amide bonds. The Kier molecular flexibility index (Phi) is 7.12. The number of aliphatic hydroxyl groups excluding tert-OH is 1. The van der Waals surface area contributed by atoms with Crippen LogP contribution in [0.5, 0.6) is 0 Å². The highest BCUT2D eigenvalue weighted by Crippen LogP contribution is 2.59. The molecule has 4 rings (SSSR count). The number of likely N-dealkylation sites (tertiary alicyclic amines) is 1. The van der Waals surface area contributed by atoms with E-state index in [0.29, 0.717) is 19.4 Å². The van der Waals surface area contributed by atoms with Crippen molar-refractivity contribution in [2.75, 3.05) is 31.6 Å². The summed E-state index contributed by atoms with van der Waals surface area (Å²) >= 11 is 0. The monoisotopic (exact) mass is 495 g/mol. The fourth-order valence-electron chi connectivity index (χ4n) is 6.55. The molecule has 0 radical (unpaired) electrons. The zero-order chi connectivity index (χ0) is 26.4. The molecule has 2 bridgehead atoms. The van der Waals surface area contributed by atoms with Gasteiger partial charge < -0.3 is 24.5 Å². The molecule has 3 heterocycles. The van der Waals surface area contributed by atoms with Crippen molar-refractivity contribution in [1.29, 1.82) is 0 Å². The fourth-order valence-corrected chi connectivity index (χ4v) is 6.55. The van der Waals surface area contributed by atoms with E-state index < -0.39 is 35.6 Å². The molecule has 3 saturated heterocycles. The number of amides is 3. The van der Waals surface area contributed by atoms with Gasteiger partial charge in [0, 0.05) is 25.8 Å². The maximum atomic E-state index is 14.5. The summed E-state index contributed by atoms with van der Waals surface area (Å²) in [4.78, 5) is 46.6. The molecule has 194 valence electrons. The van der Waals surface area contributed by atoms with Crippen LogP contribution < -0.4 is 4.90 Å². The first kappa shape index (κ1) is 26.1. The summed E-state index contributed by atoms with van der Waals surface area (Å²) in [6, 6.07) is 4.27. The van der Waals surface area contributed by atoms with Crippen LogP contribution in [0, 0.1) is 25.7 Å². The Morgan fingerprint density at radius 1 is 1.22 bits per heavy atom. The minimum absolute atomic E-state index is 0.178. The van der Waals surface area contributed by atoms with Gasteiger partial charge in [0.2, 0.25) is 11.8 Å². The lowest BCUT2D eigenvalue weighted by Gasteiger charge is -2.39. The zero-order valence-corrected chi connectivity index (χ0v) is 21.6. The van der Waals surface area contributed by atoms with Crippen LogP contribution in [0.1, 0.15) is 30.9 Å². The number of fused-ring (bicyclic) bond motifs is 1. The van der Waals surface area contributed by atoms with E-state index in [1.807, 2.05) is 32.0 Å². The first-order valence-corrected chi connectivity index (χ1v) is 12.6. The number of carbonyl (C=O) groups is 3. The molecule has 1 aromatic rings. The number of benzene rings is 1. The number of anilines is 1. The molecule has 0 saturated carbocycles. The Labute approximate surface area is 213 Å². The lowest BCUT2D eigenvalue weighted by molar-refractivity contribution is -0.146. The molecule has 1 spiro atoms. The summed E-state index contributed by atoms with van der Waals surface area (Å²) in [5, 5.41) is 10.1. The van der Waals surface area contributed by atoms with E-state index in [1.54, 1.807) is 35.9 Å². The van der Waals surface area contributed by atoms with Crippen LogP contribution in [-0.4, -0.2) is 83.2 Å². The first-order valence-electron chi connectivity index (χ1n) is 12.6. The third kappa shape index (κ3) is 3.78. The second-order valence-electron chi connectivity index (χ2n) is 10.3. The molecule has 1 aromatic carbocycles. The number of carbonyl (C=O) groups excluding carboxylic acids is 3. The SMILES string of the molecule is C=CCN(C)C(=O)[C@@H]1[C@H]2C(=O)N([C@H](C)CO)C(C(=O)N(CC=C)c3c(C)cccc3C)C23CC[C@H]1O3. The molecule has 6 atom stereocenters. The van der Waals surface area contributed by atoms with E-state index in [2.05, 4.69) is 13.2 Å². The number of ether oxygens (including phenoxy) is 1.